The number of hydrogen-bond acceptors (Lipinski definition) is 15. The zero-order chi connectivity index (χ0) is 48.3. The second kappa shape index (κ2) is 25.4. The second-order valence-corrected chi connectivity index (χ2v) is 15.7. The van der Waals surface area contributed by atoms with Crippen LogP contribution in [0, 0.1) is 0 Å². The number of nitrogens with two attached hydrogens (primary N) is 3. The van der Waals surface area contributed by atoms with E-state index in [1.54, 1.807) is 30.3 Å². The lowest BCUT2D eigenvalue weighted by atomic mass is 9.77. The van der Waals surface area contributed by atoms with Gasteiger partial charge in [-0.05, 0) is 62.4 Å². The van der Waals surface area contributed by atoms with E-state index in [-0.39, 0.29) is 84.2 Å². The summed E-state index contributed by atoms with van der Waals surface area (Å²) in [6, 6.07) is 11.9. The van der Waals surface area contributed by atoms with Crippen molar-refractivity contribution in [2.45, 2.75) is 56.2 Å². The highest BCUT2D eigenvalue weighted by Gasteiger charge is 2.54. The molecular formula is C45H57ClN8O13. The van der Waals surface area contributed by atoms with Crippen LogP contribution in [0.25, 0.3) is 0 Å². The Labute approximate surface area is 391 Å². The average Bonchev–Trinajstić information content (AvgIpc) is 3.60. The van der Waals surface area contributed by atoms with E-state index in [2.05, 4.69) is 26.3 Å². The largest absolute Gasteiger partial charge is 0.508 e. The molecule has 0 saturated carbocycles. The van der Waals surface area contributed by atoms with Gasteiger partial charge >= 0.3 is 5.97 Å². The number of carbonyl (C=O) groups excluding carboxylic acids is 6. The lowest BCUT2D eigenvalue weighted by Gasteiger charge is -2.36. The number of rotatable bonds is 28. The SMILES string of the molecule is NC(N)=NCCC[C@H](NC(=O)CNC(=O)[C@@H](N)CCC(=O)NCCCOCCOCCOCCCNC(=O)c1cccc2c1C(=O)OC21c2ccc(O)cc2Oc2cc(O)ccc21)C(=O)CCl. The Hall–Kier alpha value is -6.52. The number of amides is 4. The van der Waals surface area contributed by atoms with Crippen LogP contribution >= 0.6 is 11.6 Å². The molecule has 2 aliphatic rings. The van der Waals surface area contributed by atoms with E-state index in [4.69, 9.17) is 52.5 Å². The number of Topliss-reactive ketones (excluding diaryl/α,β-unsaturated/α-hetero) is 1. The van der Waals surface area contributed by atoms with Crippen LogP contribution in [0.4, 0.5) is 0 Å². The van der Waals surface area contributed by atoms with Crippen molar-refractivity contribution < 1.29 is 62.7 Å². The summed E-state index contributed by atoms with van der Waals surface area (Å²) in [5, 5.41) is 30.8. The van der Waals surface area contributed by atoms with Crippen molar-refractivity contribution in [3.8, 4) is 23.0 Å². The maximum Gasteiger partial charge on any atom is 0.340 e. The third-order valence-corrected chi connectivity index (χ3v) is 10.8. The number of ketones is 1. The van der Waals surface area contributed by atoms with Gasteiger partial charge in [0.1, 0.15) is 23.0 Å². The quantitative estimate of drug-likeness (QED) is 0.0161. The summed E-state index contributed by atoms with van der Waals surface area (Å²) in [7, 11) is 0. The van der Waals surface area contributed by atoms with Crippen LogP contribution in [0.2, 0.25) is 0 Å². The van der Waals surface area contributed by atoms with E-state index in [9.17, 15) is 39.0 Å². The molecule has 0 unspecified atom stereocenters. The van der Waals surface area contributed by atoms with E-state index < -0.39 is 53.7 Å². The standard InChI is InChI=1S/C45H57ClN8O13/c46-25-35(57)34(7-2-14-52-44(48)49)54-39(59)26-53-42(61)33(47)12-13-38(58)50-15-3-17-63-19-21-65-22-20-64-18-4-16-51-41(60)29-5-1-6-32-40(29)43(62)67-45(32)30-10-8-27(55)23-36(30)66-37-24-28(56)9-11-31(37)45/h1,5-6,8-11,23-24,33-34,55-56H,2-4,7,12-22,25-26,47H2,(H,50,58)(H,51,60)(H,53,61)(H,54,59)(H4,48,49,52)/t33-,34-/m0/s1. The number of nitrogens with zero attached hydrogens (tertiary/aromatic N) is 1. The van der Waals surface area contributed by atoms with Crippen LogP contribution in [-0.2, 0) is 43.7 Å². The van der Waals surface area contributed by atoms with Crippen LogP contribution in [0.3, 0.4) is 0 Å². The number of aliphatic imine (C=N–C) groups is 1. The molecule has 0 saturated heterocycles. The molecular weight excluding hydrogens is 896 g/mol. The zero-order valence-corrected chi connectivity index (χ0v) is 37.6. The van der Waals surface area contributed by atoms with E-state index in [0.29, 0.717) is 82.1 Å². The number of ether oxygens (including phenoxy) is 5. The molecule has 0 radical (unpaired) electrons. The van der Waals surface area contributed by atoms with Crippen molar-refractivity contribution in [1.82, 2.24) is 21.3 Å². The highest BCUT2D eigenvalue weighted by Crippen LogP contribution is 2.57. The molecule has 0 aliphatic carbocycles. The summed E-state index contributed by atoms with van der Waals surface area (Å²) >= 11 is 5.65. The number of hydrogen-bond donors (Lipinski definition) is 9. The van der Waals surface area contributed by atoms with Gasteiger partial charge in [0.05, 0.1) is 62.1 Å². The van der Waals surface area contributed by atoms with Crippen LogP contribution in [0.15, 0.2) is 59.6 Å². The first-order valence-corrected chi connectivity index (χ1v) is 22.2. The van der Waals surface area contributed by atoms with Crippen LogP contribution in [-0.4, -0.2) is 135 Å². The molecule has 12 N–H and O–H groups in total. The minimum absolute atomic E-state index is 0.00622. The van der Waals surface area contributed by atoms with E-state index >= 15 is 0 Å². The fourth-order valence-corrected chi connectivity index (χ4v) is 7.50. The number of halogens is 1. The van der Waals surface area contributed by atoms with Crippen molar-refractivity contribution in [3.05, 3.63) is 82.4 Å². The van der Waals surface area contributed by atoms with Crippen molar-refractivity contribution in [2.24, 2.45) is 22.2 Å². The predicted octanol–water partition coefficient (Wildman–Crippen LogP) is 0.912. The Morgan fingerprint density at radius 2 is 1.37 bits per heavy atom. The summed E-state index contributed by atoms with van der Waals surface area (Å²) in [6.45, 7) is 2.52. The maximum absolute atomic E-state index is 13.6. The smallest absolute Gasteiger partial charge is 0.340 e. The van der Waals surface area contributed by atoms with Gasteiger partial charge in [0.15, 0.2) is 17.3 Å². The molecule has 22 heteroatoms. The molecule has 0 aromatic heterocycles. The number of phenols is 2. The lowest BCUT2D eigenvalue weighted by Crippen LogP contribution is -2.49. The summed E-state index contributed by atoms with van der Waals surface area (Å²) in [6.07, 6.45) is 1.76. The van der Waals surface area contributed by atoms with Gasteiger partial charge in [-0.25, -0.2) is 4.79 Å². The predicted molar refractivity (Wildman–Crippen MR) is 243 cm³/mol. The van der Waals surface area contributed by atoms with Gasteiger partial charge in [-0.3, -0.25) is 29.0 Å². The molecule has 0 fully saturated rings. The fraction of sp³-hybridized carbons (Fsp3) is 0.444. The third-order valence-electron chi connectivity index (χ3n) is 10.6. The molecule has 2 atom stereocenters. The number of guanidine groups is 1. The van der Waals surface area contributed by atoms with Crippen LogP contribution in [0.5, 0.6) is 23.0 Å². The summed E-state index contributed by atoms with van der Waals surface area (Å²) in [4.78, 5) is 79.8. The molecule has 5 rings (SSSR count). The zero-order valence-electron chi connectivity index (χ0n) is 36.8. The Morgan fingerprint density at radius 1 is 0.761 bits per heavy atom. The molecule has 2 heterocycles. The Morgan fingerprint density at radius 3 is 1.99 bits per heavy atom. The fourth-order valence-electron chi connectivity index (χ4n) is 7.31. The first-order chi connectivity index (χ1) is 32.2. The number of esters is 1. The number of carbonyl (C=O) groups is 6. The first kappa shape index (κ1) is 51.5. The lowest BCUT2D eigenvalue weighted by molar-refractivity contribution is -0.129. The van der Waals surface area contributed by atoms with Gasteiger partial charge in [-0.2, -0.15) is 0 Å². The normalized spacial score (nSPS) is 13.7. The molecule has 2 aliphatic heterocycles. The molecule has 362 valence electrons. The van der Waals surface area contributed by atoms with Crippen molar-refractivity contribution in [3.63, 3.8) is 0 Å². The Bertz CT molecular complexity index is 2220. The molecule has 3 aromatic rings. The topological polar surface area (TPSA) is 328 Å². The highest BCUT2D eigenvalue weighted by molar-refractivity contribution is 6.28. The summed E-state index contributed by atoms with van der Waals surface area (Å²) in [5.41, 5.74) is 16.6. The molecule has 3 aromatic carbocycles. The van der Waals surface area contributed by atoms with Gasteiger partial charge in [-0.15, -0.1) is 11.6 Å². The minimum Gasteiger partial charge on any atom is -0.508 e. The highest BCUT2D eigenvalue weighted by atomic mass is 35.5. The van der Waals surface area contributed by atoms with Gasteiger partial charge < -0.3 is 72.4 Å². The van der Waals surface area contributed by atoms with Crippen molar-refractivity contribution in [2.75, 3.05) is 71.7 Å². The van der Waals surface area contributed by atoms with Crippen molar-refractivity contribution in [1.29, 1.82) is 0 Å². The van der Waals surface area contributed by atoms with Gasteiger partial charge in [0.25, 0.3) is 5.91 Å². The minimum atomic E-state index is -1.48. The average molecular weight is 953 g/mol. The van der Waals surface area contributed by atoms with Gasteiger partial charge in [-0.1, -0.05) is 12.1 Å². The van der Waals surface area contributed by atoms with Gasteiger partial charge in [0.2, 0.25) is 17.7 Å². The Kier molecular flexibility index (Phi) is 19.5. The number of phenolic OH excluding ortho intramolecular Hbond substituents is 2. The first-order valence-electron chi connectivity index (χ1n) is 21.7. The van der Waals surface area contributed by atoms with Crippen molar-refractivity contribution >= 4 is 52.9 Å². The monoisotopic (exact) mass is 952 g/mol. The van der Waals surface area contributed by atoms with Crippen LogP contribution < -0.4 is 43.2 Å². The van der Waals surface area contributed by atoms with E-state index in [0.717, 1.165) is 0 Å². The maximum atomic E-state index is 13.6. The number of nitrogens with one attached hydrogen (secondary N) is 4. The Balaban J connectivity index is 0.883. The molecule has 4 amide bonds. The number of aromatic hydroxyl groups is 2. The molecule has 21 nitrogen and oxygen atoms in total. The number of fused-ring (bicyclic) bond motifs is 6. The number of alkyl halides is 1. The molecule has 0 bridgehead atoms. The second-order valence-electron chi connectivity index (χ2n) is 15.4. The summed E-state index contributed by atoms with van der Waals surface area (Å²) < 4.78 is 28.8. The van der Waals surface area contributed by atoms with E-state index in [1.165, 1.54) is 24.3 Å². The summed E-state index contributed by atoms with van der Waals surface area (Å²) in [5.74, 6) is -3.13. The van der Waals surface area contributed by atoms with E-state index in [1.807, 2.05) is 0 Å². The number of benzene rings is 3. The molecule has 1 spiro atoms. The van der Waals surface area contributed by atoms with Crippen LogP contribution in [0.1, 0.15) is 75.9 Å². The van der Waals surface area contributed by atoms with Gasteiger partial charge in [0, 0.05) is 68.1 Å². The third kappa shape index (κ3) is 14.2. The molecule has 67 heavy (non-hydrogen) atoms.